The zero-order valence-electron chi connectivity index (χ0n) is 11.3. The molecular weight excluding hydrogens is 286 g/mol. The van der Waals surface area contributed by atoms with Gasteiger partial charge in [0.2, 0.25) is 0 Å². The molecule has 0 aliphatic carbocycles. The molecule has 0 aliphatic heterocycles. The van der Waals surface area contributed by atoms with Gasteiger partial charge in [0.05, 0.1) is 10.6 Å². The number of hydrogen-bond acceptors (Lipinski definition) is 2. The second-order valence-electron chi connectivity index (χ2n) is 4.74. The molecule has 0 atom stereocenters. The van der Waals surface area contributed by atoms with Crippen molar-refractivity contribution >= 4 is 28.5 Å². The quantitative estimate of drug-likeness (QED) is 0.789. The van der Waals surface area contributed by atoms with Crippen LogP contribution in [0.1, 0.15) is 16.1 Å². The third-order valence-electron chi connectivity index (χ3n) is 3.25. The molecule has 0 radical (unpaired) electrons. The van der Waals surface area contributed by atoms with Crippen LogP contribution in [-0.2, 0) is 6.42 Å². The molecule has 21 heavy (non-hydrogen) atoms. The van der Waals surface area contributed by atoms with E-state index in [1.54, 1.807) is 24.3 Å². The lowest BCUT2D eigenvalue weighted by molar-refractivity contribution is 0.0954. The highest BCUT2D eigenvalue weighted by molar-refractivity contribution is 6.33. The fraction of sp³-hybridized carbons (Fsp3) is 0.118. The summed E-state index contributed by atoms with van der Waals surface area (Å²) in [6.45, 7) is 0.504. The maximum Gasteiger partial charge on any atom is 0.252 e. The van der Waals surface area contributed by atoms with Crippen LogP contribution in [0.3, 0.4) is 0 Å². The van der Waals surface area contributed by atoms with Crippen molar-refractivity contribution in [3.63, 3.8) is 0 Å². The monoisotopic (exact) mass is 299 g/mol. The highest BCUT2D eigenvalue weighted by Crippen LogP contribution is 2.19. The van der Waals surface area contributed by atoms with Gasteiger partial charge in [-0.25, -0.2) is 0 Å². The number of carbonyl (C=O) groups is 1. The van der Waals surface area contributed by atoms with E-state index in [1.807, 2.05) is 30.3 Å². The Morgan fingerprint density at radius 1 is 1.10 bits per heavy atom. The minimum atomic E-state index is -0.170. The molecule has 0 unspecified atom stereocenters. The van der Waals surface area contributed by atoms with Crippen molar-refractivity contribution in [2.24, 2.45) is 0 Å². The van der Waals surface area contributed by atoms with E-state index in [0.29, 0.717) is 23.6 Å². The van der Waals surface area contributed by atoms with Crippen LogP contribution in [-0.4, -0.2) is 12.5 Å². The molecule has 0 saturated carbocycles. The summed E-state index contributed by atoms with van der Waals surface area (Å²) in [5.41, 5.74) is 1.36. The van der Waals surface area contributed by atoms with Crippen molar-refractivity contribution in [3.8, 4) is 0 Å². The van der Waals surface area contributed by atoms with E-state index in [2.05, 4.69) is 5.32 Å². The first-order valence-corrected chi connectivity index (χ1v) is 7.12. The van der Waals surface area contributed by atoms with Gasteiger partial charge >= 0.3 is 0 Å². The summed E-state index contributed by atoms with van der Waals surface area (Å²) >= 11 is 5.99. The minimum absolute atomic E-state index is 0.170. The molecule has 1 amide bonds. The first-order chi connectivity index (χ1) is 10.2. The summed E-state index contributed by atoms with van der Waals surface area (Å²) in [5, 5.41) is 4.38. The predicted molar refractivity (Wildman–Crippen MR) is 83.7 cm³/mol. The average molecular weight is 300 g/mol. The fourth-order valence-electron chi connectivity index (χ4n) is 2.20. The first kappa shape index (κ1) is 13.7. The van der Waals surface area contributed by atoms with Gasteiger partial charge in [-0.1, -0.05) is 41.9 Å². The maximum atomic E-state index is 12.0. The lowest BCUT2D eigenvalue weighted by atomic mass is 10.2. The van der Waals surface area contributed by atoms with Crippen molar-refractivity contribution < 1.29 is 9.21 Å². The molecule has 1 heterocycles. The number of fused-ring (bicyclic) bond motifs is 1. The first-order valence-electron chi connectivity index (χ1n) is 6.74. The number of halogens is 1. The molecule has 3 nitrogen and oxygen atoms in total. The van der Waals surface area contributed by atoms with Crippen LogP contribution in [0, 0.1) is 0 Å². The molecule has 0 fully saturated rings. The van der Waals surface area contributed by atoms with E-state index in [-0.39, 0.29) is 5.91 Å². The van der Waals surface area contributed by atoms with E-state index in [9.17, 15) is 4.79 Å². The zero-order valence-corrected chi connectivity index (χ0v) is 12.1. The van der Waals surface area contributed by atoms with Gasteiger partial charge in [0, 0.05) is 18.4 Å². The van der Waals surface area contributed by atoms with Crippen LogP contribution >= 0.6 is 11.6 Å². The molecule has 1 N–H and O–H groups in total. The Morgan fingerprint density at radius 3 is 2.67 bits per heavy atom. The number of benzene rings is 2. The summed E-state index contributed by atoms with van der Waals surface area (Å²) in [4.78, 5) is 12.0. The number of furan rings is 1. The summed E-state index contributed by atoms with van der Waals surface area (Å²) in [5.74, 6) is 0.687. The second-order valence-corrected chi connectivity index (χ2v) is 5.14. The zero-order chi connectivity index (χ0) is 14.7. The van der Waals surface area contributed by atoms with Gasteiger partial charge in [-0.15, -0.1) is 0 Å². The van der Waals surface area contributed by atoms with E-state index in [1.165, 1.54) is 0 Å². The largest absolute Gasteiger partial charge is 0.461 e. The molecule has 0 spiro atoms. The van der Waals surface area contributed by atoms with Crippen LogP contribution in [0.5, 0.6) is 0 Å². The van der Waals surface area contributed by atoms with Crippen molar-refractivity contribution in [2.45, 2.75) is 6.42 Å². The van der Waals surface area contributed by atoms with Crippen molar-refractivity contribution in [2.75, 3.05) is 6.54 Å². The average Bonchev–Trinajstić information content (AvgIpc) is 2.90. The second kappa shape index (κ2) is 6.02. The third kappa shape index (κ3) is 3.09. The van der Waals surface area contributed by atoms with Crippen LogP contribution in [0.2, 0.25) is 5.02 Å². The molecule has 4 heteroatoms. The molecular formula is C17H14ClNO2. The Kier molecular flexibility index (Phi) is 3.93. The molecule has 1 aromatic heterocycles. The summed E-state index contributed by atoms with van der Waals surface area (Å²) in [6.07, 6.45) is 0.644. The number of hydrogen-bond donors (Lipinski definition) is 1. The highest BCUT2D eigenvalue weighted by atomic mass is 35.5. The lowest BCUT2D eigenvalue weighted by Gasteiger charge is -2.05. The van der Waals surface area contributed by atoms with Gasteiger partial charge in [-0.2, -0.15) is 0 Å². The Labute approximate surface area is 127 Å². The van der Waals surface area contributed by atoms with Crippen LogP contribution in [0.15, 0.2) is 59.0 Å². The maximum absolute atomic E-state index is 12.0. The number of nitrogens with one attached hydrogen (secondary N) is 1. The van der Waals surface area contributed by atoms with Gasteiger partial charge in [0.1, 0.15) is 11.3 Å². The fourth-order valence-corrected chi connectivity index (χ4v) is 2.42. The Bertz CT molecular complexity index is 746. The van der Waals surface area contributed by atoms with Gasteiger partial charge in [-0.05, 0) is 24.3 Å². The van der Waals surface area contributed by atoms with E-state index >= 15 is 0 Å². The van der Waals surface area contributed by atoms with E-state index < -0.39 is 0 Å². The van der Waals surface area contributed by atoms with Crippen molar-refractivity contribution in [1.29, 1.82) is 0 Å². The van der Waals surface area contributed by atoms with Crippen LogP contribution in [0.4, 0.5) is 0 Å². The minimum Gasteiger partial charge on any atom is -0.461 e. The highest BCUT2D eigenvalue weighted by Gasteiger charge is 2.09. The number of para-hydroxylation sites is 1. The normalized spacial score (nSPS) is 10.7. The Balaban J connectivity index is 1.61. The summed E-state index contributed by atoms with van der Waals surface area (Å²) in [7, 11) is 0. The van der Waals surface area contributed by atoms with Gasteiger partial charge in [0.15, 0.2) is 0 Å². The lowest BCUT2D eigenvalue weighted by Crippen LogP contribution is -2.25. The SMILES string of the molecule is O=C(NCCc1cc2ccccc2o1)c1ccccc1Cl. The summed E-state index contributed by atoms with van der Waals surface area (Å²) < 4.78 is 5.70. The Hall–Kier alpha value is -2.26. The predicted octanol–water partition coefficient (Wildman–Crippen LogP) is 4.06. The number of rotatable bonds is 4. The number of carbonyl (C=O) groups excluding carboxylic acids is 1. The molecule has 0 saturated heterocycles. The topological polar surface area (TPSA) is 42.2 Å². The molecule has 106 valence electrons. The van der Waals surface area contributed by atoms with Crippen LogP contribution in [0.25, 0.3) is 11.0 Å². The third-order valence-corrected chi connectivity index (χ3v) is 3.58. The Morgan fingerprint density at radius 2 is 1.86 bits per heavy atom. The molecule has 3 rings (SSSR count). The van der Waals surface area contributed by atoms with Gasteiger partial charge in [0.25, 0.3) is 5.91 Å². The molecule has 0 bridgehead atoms. The smallest absolute Gasteiger partial charge is 0.252 e. The van der Waals surface area contributed by atoms with Gasteiger partial charge in [-0.3, -0.25) is 4.79 Å². The standard InChI is InChI=1S/C17H14ClNO2/c18-15-7-3-2-6-14(15)17(20)19-10-9-13-11-12-5-1-4-8-16(12)21-13/h1-8,11H,9-10H2,(H,19,20). The van der Waals surface area contributed by atoms with E-state index in [4.69, 9.17) is 16.0 Å². The summed E-state index contributed by atoms with van der Waals surface area (Å²) in [6, 6.07) is 16.8. The number of amides is 1. The van der Waals surface area contributed by atoms with E-state index in [0.717, 1.165) is 16.7 Å². The van der Waals surface area contributed by atoms with Crippen LogP contribution < -0.4 is 5.32 Å². The van der Waals surface area contributed by atoms with Crippen molar-refractivity contribution in [3.05, 3.63) is 70.9 Å². The molecule has 2 aromatic carbocycles. The molecule has 3 aromatic rings. The van der Waals surface area contributed by atoms with Crippen molar-refractivity contribution in [1.82, 2.24) is 5.32 Å². The van der Waals surface area contributed by atoms with Gasteiger partial charge < -0.3 is 9.73 Å². The molecule has 0 aliphatic rings.